The minimum Gasteiger partial charge on any atom is -0.326 e. The van der Waals surface area contributed by atoms with E-state index in [0.717, 1.165) is 37.1 Å². The van der Waals surface area contributed by atoms with Crippen LogP contribution in [-0.2, 0) is 9.59 Å². The molecule has 2 amide bonds. The summed E-state index contributed by atoms with van der Waals surface area (Å²) >= 11 is 0. The van der Waals surface area contributed by atoms with E-state index in [-0.39, 0.29) is 17.7 Å². The number of benzene rings is 1. The van der Waals surface area contributed by atoms with E-state index in [1.807, 2.05) is 18.2 Å². The average Bonchev–Trinajstić information content (AvgIpc) is 2.93. The van der Waals surface area contributed by atoms with Crippen LogP contribution in [0.4, 0.5) is 11.4 Å². The summed E-state index contributed by atoms with van der Waals surface area (Å²) in [6, 6.07) is 7.28. The van der Waals surface area contributed by atoms with Gasteiger partial charge in [-0.2, -0.15) is 0 Å². The topological polar surface area (TPSA) is 58.2 Å². The van der Waals surface area contributed by atoms with Gasteiger partial charge in [-0.3, -0.25) is 9.59 Å². The maximum absolute atomic E-state index is 12.0. The van der Waals surface area contributed by atoms with Gasteiger partial charge in [-0.15, -0.1) is 0 Å². The van der Waals surface area contributed by atoms with Gasteiger partial charge >= 0.3 is 0 Å². The maximum atomic E-state index is 12.0. The van der Waals surface area contributed by atoms with Crippen molar-refractivity contribution in [3.63, 3.8) is 0 Å². The monoisotopic (exact) mass is 260 g/mol. The molecule has 1 aromatic rings. The molecule has 0 heterocycles. The summed E-state index contributed by atoms with van der Waals surface area (Å²) in [6.07, 6.45) is 4.70. The Kier molecular flexibility index (Phi) is 4.55. The third kappa shape index (κ3) is 3.81. The van der Waals surface area contributed by atoms with Gasteiger partial charge in [0.15, 0.2) is 0 Å². The molecule has 0 saturated heterocycles. The quantitative estimate of drug-likeness (QED) is 0.873. The highest BCUT2D eigenvalue weighted by atomic mass is 16.2. The Morgan fingerprint density at radius 2 is 1.79 bits per heavy atom. The van der Waals surface area contributed by atoms with Crippen molar-refractivity contribution in [1.29, 1.82) is 0 Å². The minimum atomic E-state index is -0.0285. The van der Waals surface area contributed by atoms with E-state index < -0.39 is 0 Å². The van der Waals surface area contributed by atoms with Gasteiger partial charge in [0.05, 0.1) is 0 Å². The summed E-state index contributed by atoms with van der Waals surface area (Å²) in [4.78, 5) is 23.3. The third-order valence-electron chi connectivity index (χ3n) is 3.46. The van der Waals surface area contributed by atoms with Crippen LogP contribution < -0.4 is 10.6 Å². The van der Waals surface area contributed by atoms with Crippen LogP contribution in [0.1, 0.15) is 39.0 Å². The average molecular weight is 260 g/mol. The first-order valence-electron chi connectivity index (χ1n) is 6.90. The Balaban J connectivity index is 1.98. The second-order valence-corrected chi connectivity index (χ2v) is 4.95. The fourth-order valence-corrected chi connectivity index (χ4v) is 2.36. The molecule has 0 atom stereocenters. The zero-order valence-corrected chi connectivity index (χ0v) is 11.2. The van der Waals surface area contributed by atoms with Gasteiger partial charge in [0.2, 0.25) is 11.8 Å². The summed E-state index contributed by atoms with van der Waals surface area (Å²) in [5, 5.41) is 5.71. The zero-order valence-electron chi connectivity index (χ0n) is 11.2. The molecule has 0 radical (unpaired) electrons. The lowest BCUT2D eigenvalue weighted by molar-refractivity contribution is -0.119. The molecular weight excluding hydrogens is 240 g/mol. The first-order chi connectivity index (χ1) is 9.19. The molecule has 19 heavy (non-hydrogen) atoms. The molecule has 1 aliphatic rings. The van der Waals surface area contributed by atoms with Crippen LogP contribution in [0.2, 0.25) is 0 Å². The lowest BCUT2D eigenvalue weighted by Gasteiger charge is -2.11. The number of amides is 2. The summed E-state index contributed by atoms with van der Waals surface area (Å²) < 4.78 is 0. The molecule has 0 bridgehead atoms. The number of nitrogens with one attached hydrogen (secondary N) is 2. The van der Waals surface area contributed by atoms with Crippen molar-refractivity contribution in [1.82, 2.24) is 0 Å². The van der Waals surface area contributed by atoms with Crippen LogP contribution >= 0.6 is 0 Å². The second-order valence-electron chi connectivity index (χ2n) is 4.95. The molecule has 0 aromatic heterocycles. The lowest BCUT2D eigenvalue weighted by Crippen LogP contribution is -2.20. The largest absolute Gasteiger partial charge is 0.326 e. The van der Waals surface area contributed by atoms with Crippen molar-refractivity contribution in [2.45, 2.75) is 39.0 Å². The molecule has 0 unspecified atom stereocenters. The van der Waals surface area contributed by atoms with Gasteiger partial charge in [-0.1, -0.05) is 25.8 Å². The van der Waals surface area contributed by atoms with E-state index in [2.05, 4.69) is 10.6 Å². The van der Waals surface area contributed by atoms with Crippen LogP contribution in [0.15, 0.2) is 24.3 Å². The number of rotatable bonds is 4. The smallest absolute Gasteiger partial charge is 0.227 e. The van der Waals surface area contributed by atoms with Gasteiger partial charge in [-0.05, 0) is 31.0 Å². The molecule has 0 spiro atoms. The Hall–Kier alpha value is -1.84. The van der Waals surface area contributed by atoms with Crippen LogP contribution in [0.5, 0.6) is 0 Å². The van der Waals surface area contributed by atoms with Gasteiger partial charge in [0, 0.05) is 23.7 Å². The summed E-state index contributed by atoms with van der Waals surface area (Å²) in [5.41, 5.74) is 1.46. The highest BCUT2D eigenvalue weighted by molar-refractivity contribution is 5.95. The predicted molar refractivity (Wildman–Crippen MR) is 76.0 cm³/mol. The maximum Gasteiger partial charge on any atom is 0.227 e. The zero-order chi connectivity index (χ0) is 13.7. The second kappa shape index (κ2) is 6.36. The van der Waals surface area contributed by atoms with Crippen molar-refractivity contribution in [2.75, 3.05) is 10.6 Å². The van der Waals surface area contributed by atoms with E-state index >= 15 is 0 Å². The number of hydrogen-bond donors (Lipinski definition) is 2. The number of anilines is 2. The van der Waals surface area contributed by atoms with Crippen LogP contribution in [-0.4, -0.2) is 11.8 Å². The van der Waals surface area contributed by atoms with Crippen LogP contribution in [0.3, 0.4) is 0 Å². The minimum absolute atomic E-state index is 0.0285. The van der Waals surface area contributed by atoms with Gasteiger partial charge in [0.25, 0.3) is 0 Å². The number of carbonyl (C=O) groups is 2. The Labute approximate surface area is 113 Å². The molecule has 2 rings (SSSR count). The van der Waals surface area contributed by atoms with Crippen molar-refractivity contribution < 1.29 is 9.59 Å². The van der Waals surface area contributed by atoms with E-state index in [1.165, 1.54) is 0 Å². The van der Waals surface area contributed by atoms with E-state index in [0.29, 0.717) is 6.42 Å². The molecule has 1 saturated carbocycles. The summed E-state index contributed by atoms with van der Waals surface area (Å²) in [7, 11) is 0. The third-order valence-corrected chi connectivity index (χ3v) is 3.46. The van der Waals surface area contributed by atoms with E-state index in [4.69, 9.17) is 0 Å². The van der Waals surface area contributed by atoms with Gasteiger partial charge in [-0.25, -0.2) is 0 Å². The Morgan fingerprint density at radius 3 is 2.42 bits per heavy atom. The van der Waals surface area contributed by atoms with E-state index in [9.17, 15) is 9.59 Å². The van der Waals surface area contributed by atoms with Gasteiger partial charge < -0.3 is 10.6 Å². The van der Waals surface area contributed by atoms with Crippen molar-refractivity contribution >= 4 is 23.2 Å². The molecule has 1 aromatic carbocycles. The van der Waals surface area contributed by atoms with E-state index in [1.54, 1.807) is 13.0 Å². The molecule has 0 aliphatic heterocycles. The molecule has 102 valence electrons. The van der Waals surface area contributed by atoms with Gasteiger partial charge in [0.1, 0.15) is 0 Å². The normalized spacial score (nSPS) is 15.2. The van der Waals surface area contributed by atoms with Crippen molar-refractivity contribution in [3.05, 3.63) is 24.3 Å². The SMILES string of the molecule is CCC(=O)Nc1cccc(NC(=O)C2CCCC2)c1. The highest BCUT2D eigenvalue weighted by Crippen LogP contribution is 2.26. The molecular formula is C15H20N2O2. The number of carbonyl (C=O) groups excluding carboxylic acids is 2. The molecule has 2 N–H and O–H groups in total. The predicted octanol–water partition coefficient (Wildman–Crippen LogP) is 3.16. The molecule has 4 heteroatoms. The first-order valence-corrected chi connectivity index (χ1v) is 6.90. The summed E-state index contributed by atoms with van der Waals surface area (Å²) in [6.45, 7) is 1.81. The molecule has 1 aliphatic carbocycles. The van der Waals surface area contributed by atoms with Crippen molar-refractivity contribution in [2.24, 2.45) is 5.92 Å². The summed E-state index contributed by atoms with van der Waals surface area (Å²) in [5.74, 6) is 0.213. The Bertz CT molecular complexity index is 465. The number of hydrogen-bond acceptors (Lipinski definition) is 2. The highest BCUT2D eigenvalue weighted by Gasteiger charge is 2.22. The fourth-order valence-electron chi connectivity index (χ4n) is 2.36. The molecule has 1 fully saturated rings. The standard InChI is InChI=1S/C15H20N2O2/c1-2-14(18)16-12-8-5-9-13(10-12)17-15(19)11-6-3-4-7-11/h5,8-11H,2-4,6-7H2,1H3,(H,16,18)(H,17,19). The van der Waals surface area contributed by atoms with Crippen LogP contribution in [0, 0.1) is 5.92 Å². The Morgan fingerprint density at radius 1 is 1.16 bits per heavy atom. The fraction of sp³-hybridized carbons (Fsp3) is 0.467. The lowest BCUT2D eigenvalue weighted by atomic mass is 10.1. The van der Waals surface area contributed by atoms with Crippen LogP contribution in [0.25, 0.3) is 0 Å². The van der Waals surface area contributed by atoms with Crippen molar-refractivity contribution in [3.8, 4) is 0 Å². The first kappa shape index (κ1) is 13.6. The molecule has 4 nitrogen and oxygen atoms in total.